The van der Waals surface area contributed by atoms with Crippen LogP contribution in [0.1, 0.15) is 75.3 Å². The maximum Gasteiger partial charge on any atom is 0.303 e. The zero-order chi connectivity index (χ0) is 18.7. The second-order valence-electron chi connectivity index (χ2n) is 8.35. The second kappa shape index (κ2) is 7.85. The molecule has 1 fully saturated rings. The third-order valence-electron chi connectivity index (χ3n) is 6.94. The quantitative estimate of drug-likeness (QED) is 0.451. The highest BCUT2D eigenvalue weighted by Crippen LogP contribution is 2.57. The molecule has 0 radical (unpaired) electrons. The number of para-hydroxylation sites is 1. The Hall–Kier alpha value is -1.77. The molecule has 142 valence electrons. The van der Waals surface area contributed by atoms with Crippen LogP contribution in [-0.4, -0.2) is 17.1 Å². The van der Waals surface area contributed by atoms with Gasteiger partial charge in [0.25, 0.3) is 0 Å². The van der Waals surface area contributed by atoms with Crippen molar-refractivity contribution in [3.8, 4) is 0 Å². The molecule has 1 heterocycles. The monoisotopic (exact) mass is 355 g/mol. The lowest BCUT2D eigenvalue weighted by Gasteiger charge is -2.48. The molecule has 3 heteroatoms. The van der Waals surface area contributed by atoms with E-state index in [1.54, 1.807) is 0 Å². The maximum absolute atomic E-state index is 11.6. The molecule has 2 N–H and O–H groups in total. The second-order valence-corrected chi connectivity index (χ2v) is 8.35. The van der Waals surface area contributed by atoms with E-state index in [0.29, 0.717) is 11.8 Å². The van der Waals surface area contributed by atoms with Crippen LogP contribution in [0.4, 0.5) is 5.69 Å². The summed E-state index contributed by atoms with van der Waals surface area (Å²) in [4.78, 5) is 11.6. The van der Waals surface area contributed by atoms with Gasteiger partial charge in [-0.1, -0.05) is 37.6 Å². The summed E-state index contributed by atoms with van der Waals surface area (Å²) in [5.74, 6) is 0.431. The molecule has 3 nitrogen and oxygen atoms in total. The van der Waals surface area contributed by atoms with E-state index in [9.17, 15) is 9.90 Å². The van der Waals surface area contributed by atoms with Crippen LogP contribution in [0.5, 0.6) is 0 Å². The topological polar surface area (TPSA) is 49.3 Å². The van der Waals surface area contributed by atoms with Crippen LogP contribution in [0.2, 0.25) is 0 Å². The number of carbonyl (C=O) groups is 1. The van der Waals surface area contributed by atoms with E-state index in [2.05, 4.69) is 43.9 Å². The van der Waals surface area contributed by atoms with Crippen LogP contribution < -0.4 is 5.32 Å². The van der Waals surface area contributed by atoms with Crippen LogP contribution in [0.15, 0.2) is 30.9 Å². The number of nitrogens with one attached hydrogen (secondary N) is 1. The molecule has 0 saturated heterocycles. The summed E-state index contributed by atoms with van der Waals surface area (Å²) in [6.07, 6.45) is 10.1. The minimum Gasteiger partial charge on any atom is -0.481 e. The predicted molar refractivity (Wildman–Crippen MR) is 108 cm³/mol. The number of hydrogen-bond acceptors (Lipinski definition) is 2. The molecule has 3 rings (SSSR count). The van der Waals surface area contributed by atoms with Gasteiger partial charge in [0.1, 0.15) is 0 Å². The van der Waals surface area contributed by atoms with E-state index >= 15 is 0 Å². The van der Waals surface area contributed by atoms with Gasteiger partial charge in [-0.05, 0) is 62.5 Å². The molecule has 0 aromatic heterocycles. The minimum atomic E-state index is -0.662. The lowest BCUT2D eigenvalue weighted by atomic mass is 9.58. The maximum atomic E-state index is 11.6. The molecule has 1 saturated carbocycles. The lowest BCUT2D eigenvalue weighted by Crippen LogP contribution is -2.48. The fraction of sp³-hybridized carbons (Fsp3) is 0.609. The Kier molecular flexibility index (Phi) is 5.74. The van der Waals surface area contributed by atoms with Gasteiger partial charge < -0.3 is 10.4 Å². The van der Waals surface area contributed by atoms with Gasteiger partial charge in [-0.2, -0.15) is 0 Å². The van der Waals surface area contributed by atoms with Gasteiger partial charge in [-0.3, -0.25) is 4.79 Å². The van der Waals surface area contributed by atoms with Crippen LogP contribution in [0.25, 0.3) is 0 Å². The molecule has 4 atom stereocenters. The van der Waals surface area contributed by atoms with Crippen LogP contribution >= 0.6 is 0 Å². The summed E-state index contributed by atoms with van der Waals surface area (Å²) in [6.45, 7) is 8.16. The summed E-state index contributed by atoms with van der Waals surface area (Å²) < 4.78 is 0. The number of carboxylic acids is 1. The Bertz CT molecular complexity index is 668. The number of hydrogen-bond donors (Lipinski definition) is 2. The normalized spacial score (nSPS) is 29.5. The van der Waals surface area contributed by atoms with Crippen molar-refractivity contribution in [3.63, 3.8) is 0 Å². The van der Waals surface area contributed by atoms with Crippen molar-refractivity contribution in [2.45, 2.75) is 77.2 Å². The van der Waals surface area contributed by atoms with Crippen molar-refractivity contribution >= 4 is 11.7 Å². The highest BCUT2D eigenvalue weighted by atomic mass is 16.4. The largest absolute Gasteiger partial charge is 0.481 e. The van der Waals surface area contributed by atoms with E-state index in [1.165, 1.54) is 36.1 Å². The van der Waals surface area contributed by atoms with Gasteiger partial charge in [0.2, 0.25) is 0 Å². The Morgan fingerprint density at radius 1 is 1.42 bits per heavy atom. The van der Waals surface area contributed by atoms with Gasteiger partial charge in [0, 0.05) is 23.1 Å². The van der Waals surface area contributed by atoms with Crippen molar-refractivity contribution in [2.75, 3.05) is 5.32 Å². The van der Waals surface area contributed by atoms with Crippen molar-refractivity contribution < 1.29 is 9.90 Å². The molecular formula is C23H33NO2. The van der Waals surface area contributed by atoms with Crippen LogP contribution in [0, 0.1) is 18.3 Å². The summed E-state index contributed by atoms with van der Waals surface area (Å²) in [5, 5.41) is 13.4. The standard InChI is InChI=1S/C23H33NO2/c1-4-6-7-8-11-17-13-14-23(5-2,15-19(25)26)22-20(17)18-12-9-10-16(3)21(18)24-22/h4,9-10,12,17,20,22,24H,1,5-8,11,13-15H2,2-3H3,(H,25,26). The van der Waals surface area contributed by atoms with Crippen molar-refractivity contribution in [3.05, 3.63) is 42.0 Å². The third-order valence-corrected chi connectivity index (χ3v) is 6.94. The van der Waals surface area contributed by atoms with Gasteiger partial charge in [0.15, 0.2) is 0 Å². The molecule has 1 aromatic carbocycles. The number of anilines is 1. The number of rotatable bonds is 8. The van der Waals surface area contributed by atoms with E-state index in [-0.39, 0.29) is 17.9 Å². The number of carboxylic acid groups (broad SMARTS) is 1. The molecule has 26 heavy (non-hydrogen) atoms. The molecule has 0 bridgehead atoms. The fourth-order valence-corrected chi connectivity index (χ4v) is 5.50. The molecule has 1 aliphatic heterocycles. The van der Waals surface area contributed by atoms with Crippen molar-refractivity contribution in [1.29, 1.82) is 0 Å². The van der Waals surface area contributed by atoms with Crippen molar-refractivity contribution in [1.82, 2.24) is 0 Å². The Balaban J connectivity index is 1.91. The summed E-state index contributed by atoms with van der Waals surface area (Å²) >= 11 is 0. The lowest BCUT2D eigenvalue weighted by molar-refractivity contribution is -0.141. The molecule has 2 aliphatic rings. The average Bonchev–Trinajstić information content (AvgIpc) is 3.02. The molecule has 4 unspecified atom stereocenters. The van der Waals surface area contributed by atoms with Gasteiger partial charge in [0.05, 0.1) is 6.42 Å². The number of aliphatic carboxylic acids is 1. The van der Waals surface area contributed by atoms with Crippen LogP contribution in [0.3, 0.4) is 0 Å². The summed E-state index contributed by atoms with van der Waals surface area (Å²) in [5.41, 5.74) is 3.83. The first-order valence-electron chi connectivity index (χ1n) is 10.2. The fourth-order valence-electron chi connectivity index (χ4n) is 5.50. The Morgan fingerprint density at radius 3 is 2.92 bits per heavy atom. The number of unbranched alkanes of at least 4 members (excludes halogenated alkanes) is 2. The van der Waals surface area contributed by atoms with E-state index in [4.69, 9.17) is 0 Å². The molecular weight excluding hydrogens is 322 g/mol. The smallest absolute Gasteiger partial charge is 0.303 e. The highest BCUT2D eigenvalue weighted by Gasteiger charge is 2.52. The SMILES string of the molecule is C=CCCCCC1CCC(CC)(CC(=O)O)C2Nc3c(C)cccc3C12. The zero-order valence-electron chi connectivity index (χ0n) is 16.3. The van der Waals surface area contributed by atoms with E-state index in [0.717, 1.165) is 25.7 Å². The number of fused-ring (bicyclic) bond motifs is 3. The molecule has 0 spiro atoms. The van der Waals surface area contributed by atoms with Crippen molar-refractivity contribution in [2.24, 2.45) is 11.3 Å². The average molecular weight is 356 g/mol. The van der Waals surface area contributed by atoms with E-state index in [1.807, 2.05) is 6.08 Å². The first-order valence-corrected chi connectivity index (χ1v) is 10.2. The zero-order valence-corrected chi connectivity index (χ0v) is 16.3. The molecule has 0 amide bonds. The third kappa shape index (κ3) is 3.41. The minimum absolute atomic E-state index is 0.139. The predicted octanol–water partition coefficient (Wildman–Crippen LogP) is 5.90. The molecule has 1 aliphatic carbocycles. The Labute approximate surface area is 157 Å². The first kappa shape index (κ1) is 19.0. The molecule has 1 aromatic rings. The van der Waals surface area contributed by atoms with Crippen LogP contribution in [-0.2, 0) is 4.79 Å². The number of aryl methyl sites for hydroxylation is 1. The first-order chi connectivity index (χ1) is 12.5. The summed E-state index contributed by atoms with van der Waals surface area (Å²) in [7, 11) is 0. The van der Waals surface area contributed by atoms with Gasteiger partial charge in [-0.15, -0.1) is 6.58 Å². The van der Waals surface area contributed by atoms with E-state index < -0.39 is 5.97 Å². The summed E-state index contributed by atoms with van der Waals surface area (Å²) in [6, 6.07) is 6.83. The van der Waals surface area contributed by atoms with Gasteiger partial charge in [-0.25, -0.2) is 0 Å². The number of allylic oxidation sites excluding steroid dienone is 1. The van der Waals surface area contributed by atoms with Gasteiger partial charge >= 0.3 is 5.97 Å². The Morgan fingerprint density at radius 2 is 2.23 bits per heavy atom. The highest BCUT2D eigenvalue weighted by molar-refractivity contribution is 5.70. The number of benzene rings is 1.